The van der Waals surface area contributed by atoms with Crippen LogP contribution in [-0.2, 0) is 22.0 Å². The summed E-state index contributed by atoms with van der Waals surface area (Å²) in [4.78, 5) is 4.58. The van der Waals surface area contributed by atoms with E-state index in [-0.39, 0.29) is 11.2 Å². The highest BCUT2D eigenvalue weighted by Crippen LogP contribution is 2.23. The van der Waals surface area contributed by atoms with Crippen molar-refractivity contribution in [2.45, 2.75) is 43.5 Å². The average molecular weight is 447 g/mol. The van der Waals surface area contributed by atoms with Crippen molar-refractivity contribution in [3.8, 4) is 0 Å². The minimum atomic E-state index is -3.40. The predicted octanol–water partition coefficient (Wildman–Crippen LogP) is 3.25. The molecule has 0 saturated carbocycles. The van der Waals surface area contributed by atoms with Crippen LogP contribution in [0.15, 0.2) is 58.4 Å². The van der Waals surface area contributed by atoms with Gasteiger partial charge in [0, 0.05) is 38.6 Å². The molecular weight excluding hydrogens is 415 g/mol. The Labute approximate surface area is 184 Å². The molecule has 31 heavy (non-hydrogen) atoms. The van der Waals surface area contributed by atoms with Gasteiger partial charge in [-0.2, -0.15) is 4.31 Å². The maximum atomic E-state index is 13.6. The molecule has 1 heterocycles. The van der Waals surface area contributed by atoms with Crippen LogP contribution in [0.5, 0.6) is 0 Å². The van der Waals surface area contributed by atoms with Crippen LogP contribution in [0, 0.1) is 5.82 Å². The van der Waals surface area contributed by atoms with E-state index in [2.05, 4.69) is 15.6 Å². The summed E-state index contributed by atoms with van der Waals surface area (Å²) in [6, 6.07) is 13.6. The maximum Gasteiger partial charge on any atom is 0.243 e. The fraction of sp³-hybridized carbons (Fsp3) is 0.435. The Kier molecular flexibility index (Phi) is 7.33. The molecule has 2 aromatic rings. The summed E-state index contributed by atoms with van der Waals surface area (Å²) < 4.78 is 40.4. The molecule has 0 aromatic heterocycles. The number of hydrogen-bond acceptors (Lipinski definition) is 3. The van der Waals surface area contributed by atoms with Crippen molar-refractivity contribution in [1.29, 1.82) is 0 Å². The van der Waals surface area contributed by atoms with Gasteiger partial charge < -0.3 is 10.6 Å². The van der Waals surface area contributed by atoms with Crippen molar-refractivity contribution in [1.82, 2.24) is 14.9 Å². The maximum absolute atomic E-state index is 13.6. The van der Waals surface area contributed by atoms with Gasteiger partial charge in [0.05, 0.1) is 4.90 Å². The SMILES string of the molecule is CN=C(NCc1ccc(S(=O)(=O)N2CCCC2)cc1)NCC(C)(C)c1cccc(F)c1. The molecule has 168 valence electrons. The van der Waals surface area contributed by atoms with Crippen LogP contribution in [-0.4, -0.2) is 45.4 Å². The predicted molar refractivity (Wildman–Crippen MR) is 122 cm³/mol. The smallest absolute Gasteiger partial charge is 0.243 e. The third-order valence-electron chi connectivity index (χ3n) is 5.61. The molecule has 0 radical (unpaired) electrons. The van der Waals surface area contributed by atoms with Gasteiger partial charge in [-0.05, 0) is 48.2 Å². The second kappa shape index (κ2) is 9.78. The van der Waals surface area contributed by atoms with Crippen molar-refractivity contribution in [3.05, 3.63) is 65.5 Å². The van der Waals surface area contributed by atoms with Crippen LogP contribution in [0.25, 0.3) is 0 Å². The largest absolute Gasteiger partial charge is 0.356 e. The molecule has 1 fully saturated rings. The first-order valence-electron chi connectivity index (χ1n) is 10.5. The molecule has 2 N–H and O–H groups in total. The highest BCUT2D eigenvalue weighted by atomic mass is 32.2. The number of nitrogens with zero attached hydrogens (tertiary/aromatic N) is 2. The van der Waals surface area contributed by atoms with E-state index in [4.69, 9.17) is 0 Å². The lowest BCUT2D eigenvalue weighted by atomic mass is 9.84. The van der Waals surface area contributed by atoms with Gasteiger partial charge in [-0.3, -0.25) is 4.99 Å². The van der Waals surface area contributed by atoms with Crippen LogP contribution in [0.4, 0.5) is 4.39 Å². The molecule has 0 amide bonds. The van der Waals surface area contributed by atoms with E-state index in [0.29, 0.717) is 37.0 Å². The number of guanidine groups is 1. The fourth-order valence-electron chi connectivity index (χ4n) is 3.58. The Morgan fingerprint density at radius 1 is 1.10 bits per heavy atom. The third kappa shape index (κ3) is 5.83. The number of halogens is 1. The van der Waals surface area contributed by atoms with E-state index in [0.717, 1.165) is 24.0 Å². The van der Waals surface area contributed by atoms with Crippen molar-refractivity contribution >= 4 is 16.0 Å². The molecule has 0 atom stereocenters. The van der Waals surface area contributed by atoms with Crippen molar-refractivity contribution in [2.24, 2.45) is 4.99 Å². The molecule has 0 bridgehead atoms. The molecule has 1 saturated heterocycles. The molecule has 0 aliphatic carbocycles. The van der Waals surface area contributed by atoms with Crippen LogP contribution in [0.3, 0.4) is 0 Å². The molecule has 1 aliphatic heterocycles. The fourth-order valence-corrected chi connectivity index (χ4v) is 5.10. The lowest BCUT2D eigenvalue weighted by molar-refractivity contribution is 0.477. The lowest BCUT2D eigenvalue weighted by Gasteiger charge is -2.27. The number of rotatable bonds is 7. The summed E-state index contributed by atoms with van der Waals surface area (Å²) in [6.07, 6.45) is 1.84. The molecular formula is C23H31FN4O2S. The van der Waals surface area contributed by atoms with Crippen LogP contribution < -0.4 is 10.6 Å². The summed E-state index contributed by atoms with van der Waals surface area (Å²) in [6.45, 7) is 6.36. The van der Waals surface area contributed by atoms with Gasteiger partial charge in [-0.25, -0.2) is 12.8 Å². The second-order valence-corrected chi connectivity index (χ2v) is 10.4. The van der Waals surface area contributed by atoms with Crippen molar-refractivity contribution in [3.63, 3.8) is 0 Å². The standard InChI is InChI=1S/C23H31FN4O2S/c1-23(2,19-7-6-8-20(24)15-19)17-27-22(25-3)26-16-18-9-11-21(12-10-18)31(29,30)28-13-4-5-14-28/h6-12,15H,4-5,13-14,16-17H2,1-3H3,(H2,25,26,27). The summed E-state index contributed by atoms with van der Waals surface area (Å²) >= 11 is 0. The Morgan fingerprint density at radius 3 is 2.39 bits per heavy atom. The van der Waals surface area contributed by atoms with Crippen molar-refractivity contribution < 1.29 is 12.8 Å². The number of aliphatic imine (C=N–C) groups is 1. The monoisotopic (exact) mass is 446 g/mol. The Hall–Kier alpha value is -2.45. The van der Waals surface area contributed by atoms with Crippen molar-refractivity contribution in [2.75, 3.05) is 26.7 Å². The molecule has 0 unspecified atom stereocenters. The van der Waals surface area contributed by atoms with Gasteiger partial charge >= 0.3 is 0 Å². The van der Waals surface area contributed by atoms with E-state index in [1.165, 1.54) is 6.07 Å². The summed E-state index contributed by atoms with van der Waals surface area (Å²) in [5, 5.41) is 6.52. The van der Waals surface area contributed by atoms with Gasteiger partial charge in [0.25, 0.3) is 0 Å². The van der Waals surface area contributed by atoms with Crippen LogP contribution in [0.2, 0.25) is 0 Å². The van der Waals surface area contributed by atoms with Gasteiger partial charge in [0.1, 0.15) is 5.82 Å². The minimum absolute atomic E-state index is 0.247. The summed E-state index contributed by atoms with van der Waals surface area (Å²) in [5.74, 6) is 0.376. The normalized spacial score (nSPS) is 15.8. The topological polar surface area (TPSA) is 73.8 Å². The van der Waals surface area contributed by atoms with E-state index >= 15 is 0 Å². The summed E-state index contributed by atoms with van der Waals surface area (Å²) in [5.41, 5.74) is 1.57. The van der Waals surface area contributed by atoms with Gasteiger partial charge in [-0.15, -0.1) is 0 Å². The second-order valence-electron chi connectivity index (χ2n) is 8.43. The van der Waals surface area contributed by atoms with E-state index in [1.54, 1.807) is 35.6 Å². The zero-order valence-corrected chi connectivity index (χ0v) is 19.2. The summed E-state index contributed by atoms with van der Waals surface area (Å²) in [7, 11) is -1.70. The molecule has 8 heteroatoms. The highest BCUT2D eigenvalue weighted by molar-refractivity contribution is 7.89. The molecule has 6 nitrogen and oxygen atoms in total. The van der Waals surface area contributed by atoms with Gasteiger partial charge in [0.15, 0.2) is 5.96 Å². The number of benzene rings is 2. The minimum Gasteiger partial charge on any atom is -0.356 e. The molecule has 0 spiro atoms. The Balaban J connectivity index is 1.56. The third-order valence-corrected chi connectivity index (χ3v) is 7.53. The Bertz CT molecular complexity index is 1010. The highest BCUT2D eigenvalue weighted by Gasteiger charge is 2.27. The first kappa shape index (κ1) is 23.2. The first-order valence-corrected chi connectivity index (χ1v) is 12.0. The molecule has 1 aliphatic rings. The Morgan fingerprint density at radius 2 is 1.77 bits per heavy atom. The number of hydrogen-bond donors (Lipinski definition) is 2. The average Bonchev–Trinajstić information content (AvgIpc) is 3.30. The zero-order chi connectivity index (χ0) is 22.5. The van der Waals surface area contributed by atoms with E-state index in [9.17, 15) is 12.8 Å². The van der Waals surface area contributed by atoms with Gasteiger partial charge in [-0.1, -0.05) is 38.1 Å². The quantitative estimate of drug-likeness (QED) is 0.506. The zero-order valence-electron chi connectivity index (χ0n) is 18.4. The lowest BCUT2D eigenvalue weighted by Crippen LogP contribution is -2.43. The van der Waals surface area contributed by atoms with E-state index < -0.39 is 10.0 Å². The van der Waals surface area contributed by atoms with Crippen LogP contribution in [0.1, 0.15) is 37.8 Å². The van der Waals surface area contributed by atoms with E-state index in [1.807, 2.05) is 32.0 Å². The van der Waals surface area contributed by atoms with Crippen LogP contribution >= 0.6 is 0 Å². The van der Waals surface area contributed by atoms with Gasteiger partial charge in [0.2, 0.25) is 10.0 Å². The first-order chi connectivity index (χ1) is 14.7. The molecule has 3 rings (SSSR count). The molecule has 2 aromatic carbocycles. The number of nitrogens with one attached hydrogen (secondary N) is 2. The number of sulfonamides is 1.